The van der Waals surface area contributed by atoms with Crippen molar-refractivity contribution in [3.8, 4) is 39.4 Å². The number of aromatic hydroxyl groups is 1. The van der Waals surface area contributed by atoms with Gasteiger partial charge in [-0.2, -0.15) is 0 Å². The molecule has 0 saturated carbocycles. The molecule has 1 N–H and O–H groups in total. The summed E-state index contributed by atoms with van der Waals surface area (Å²) in [4.78, 5) is 9.65. The molecule has 6 aromatic rings. The number of aromatic nitrogens is 3. The minimum atomic E-state index is -2.23. The molecule has 2 heterocycles. The molecular formula is C34H31N3O. The van der Waals surface area contributed by atoms with E-state index in [1.807, 2.05) is 72.3 Å². The van der Waals surface area contributed by atoms with E-state index in [1.165, 1.54) is 0 Å². The van der Waals surface area contributed by atoms with Gasteiger partial charge < -0.3 is 9.67 Å². The van der Waals surface area contributed by atoms with Gasteiger partial charge in [-0.05, 0) is 77.0 Å². The lowest BCUT2D eigenvalue weighted by atomic mass is 9.86. The van der Waals surface area contributed by atoms with Crippen LogP contribution >= 0.6 is 0 Å². The van der Waals surface area contributed by atoms with Gasteiger partial charge in [0.1, 0.15) is 11.6 Å². The normalized spacial score (nSPS) is 13.4. The van der Waals surface area contributed by atoms with Crippen LogP contribution in [0, 0.1) is 6.85 Å². The summed E-state index contributed by atoms with van der Waals surface area (Å²) in [6.07, 6.45) is 1.73. The monoisotopic (exact) mass is 500 g/mol. The van der Waals surface area contributed by atoms with Crippen LogP contribution in [-0.4, -0.2) is 19.6 Å². The Balaban J connectivity index is 1.53. The number of phenolic OH excluding ortho intramolecular Hbond substituents is 1. The Hall–Kier alpha value is -4.44. The molecule has 0 atom stereocenters. The van der Waals surface area contributed by atoms with Gasteiger partial charge in [0.05, 0.1) is 22.1 Å². The van der Waals surface area contributed by atoms with Crippen molar-refractivity contribution < 1.29 is 9.22 Å². The van der Waals surface area contributed by atoms with Crippen LogP contribution in [0.5, 0.6) is 5.75 Å². The van der Waals surface area contributed by atoms with Gasteiger partial charge in [-0.1, -0.05) is 63.2 Å². The molecule has 0 fully saturated rings. The number of para-hydroxylation sites is 1. The van der Waals surface area contributed by atoms with Gasteiger partial charge >= 0.3 is 0 Å². The zero-order valence-corrected chi connectivity index (χ0v) is 21.9. The van der Waals surface area contributed by atoms with Crippen LogP contribution in [0.15, 0.2) is 91.1 Å². The van der Waals surface area contributed by atoms with E-state index in [9.17, 15) is 5.11 Å². The third-order valence-corrected chi connectivity index (χ3v) is 7.20. The van der Waals surface area contributed by atoms with E-state index < -0.39 is 6.85 Å². The maximum absolute atomic E-state index is 10.8. The molecule has 0 unspecified atom stereocenters. The van der Waals surface area contributed by atoms with Crippen LogP contribution in [-0.2, 0) is 12.5 Å². The highest BCUT2D eigenvalue weighted by Gasteiger charge is 2.20. The third-order valence-electron chi connectivity index (χ3n) is 7.20. The molecule has 4 heteroatoms. The first kappa shape index (κ1) is 20.6. The smallest absolute Gasteiger partial charge is 0.144 e. The van der Waals surface area contributed by atoms with Crippen LogP contribution in [0.3, 0.4) is 0 Å². The molecule has 6 rings (SSSR count). The summed E-state index contributed by atoms with van der Waals surface area (Å²) >= 11 is 0. The molecule has 0 aliphatic carbocycles. The Morgan fingerprint density at radius 3 is 2.37 bits per heavy atom. The Morgan fingerprint density at radius 1 is 0.789 bits per heavy atom. The number of benzene rings is 4. The van der Waals surface area contributed by atoms with Crippen molar-refractivity contribution in [2.24, 2.45) is 7.05 Å². The molecule has 0 radical (unpaired) electrons. The average Bonchev–Trinajstić information content (AvgIpc) is 3.27. The molecule has 188 valence electrons. The molecule has 0 bridgehead atoms. The Kier molecular flexibility index (Phi) is 4.79. The average molecular weight is 501 g/mol. The van der Waals surface area contributed by atoms with E-state index in [2.05, 4.69) is 31.8 Å². The van der Waals surface area contributed by atoms with E-state index in [1.54, 1.807) is 24.4 Å². The Bertz CT molecular complexity index is 1950. The molecule has 4 nitrogen and oxygen atoms in total. The molecule has 2 aromatic heterocycles. The summed E-state index contributed by atoms with van der Waals surface area (Å²) < 4.78 is 26.1. The largest absolute Gasteiger partial charge is 0.507 e. The lowest BCUT2D eigenvalue weighted by Gasteiger charge is -2.20. The second-order valence-electron chi connectivity index (χ2n) is 10.8. The molecule has 0 aliphatic rings. The number of hydrogen-bond donors (Lipinski definition) is 1. The van der Waals surface area contributed by atoms with Crippen molar-refractivity contribution in [3.05, 3.63) is 102 Å². The lowest BCUT2D eigenvalue weighted by molar-refractivity contribution is 0.475. The maximum atomic E-state index is 10.8. The van der Waals surface area contributed by atoms with Crippen molar-refractivity contribution >= 4 is 21.9 Å². The van der Waals surface area contributed by atoms with E-state index in [4.69, 9.17) is 9.10 Å². The first-order valence-electron chi connectivity index (χ1n) is 14.2. The summed E-state index contributed by atoms with van der Waals surface area (Å²) in [5.74, 6) is 0.876. The lowest BCUT2D eigenvalue weighted by Crippen LogP contribution is -2.11. The summed E-state index contributed by atoms with van der Waals surface area (Å²) in [6, 6.07) is 27.0. The first-order chi connectivity index (χ1) is 19.4. The van der Waals surface area contributed by atoms with Gasteiger partial charge in [0.2, 0.25) is 0 Å². The fraction of sp³-hybridized carbons (Fsp3) is 0.176. The first-order valence-corrected chi connectivity index (χ1v) is 12.7. The van der Waals surface area contributed by atoms with Crippen molar-refractivity contribution in [2.45, 2.75) is 33.0 Å². The predicted octanol–water partition coefficient (Wildman–Crippen LogP) is 8.43. The van der Waals surface area contributed by atoms with Crippen LogP contribution in [0.1, 0.15) is 36.0 Å². The number of nitrogens with zero attached hydrogens (tertiary/aromatic N) is 3. The van der Waals surface area contributed by atoms with Crippen molar-refractivity contribution in [3.63, 3.8) is 0 Å². The van der Waals surface area contributed by atoms with E-state index >= 15 is 0 Å². The highest BCUT2D eigenvalue weighted by molar-refractivity contribution is 5.98. The number of phenols is 1. The second kappa shape index (κ2) is 8.84. The van der Waals surface area contributed by atoms with Crippen molar-refractivity contribution in [1.29, 1.82) is 0 Å². The highest BCUT2D eigenvalue weighted by Crippen LogP contribution is 2.38. The molecule has 0 saturated heterocycles. The predicted molar refractivity (Wildman–Crippen MR) is 157 cm³/mol. The molecule has 4 aromatic carbocycles. The number of pyridine rings is 1. The zero-order valence-electron chi connectivity index (χ0n) is 24.9. The maximum Gasteiger partial charge on any atom is 0.144 e. The zero-order chi connectivity index (χ0) is 29.1. The number of rotatable bonds is 3. The summed E-state index contributed by atoms with van der Waals surface area (Å²) in [5.41, 5.74) is 8.08. The SMILES string of the molecule is [2H]C([2H])([2H])c1cc(-c2cccc(-c3cccc4c3nc(-c3cc(C(C)(C)C)ccc3O)n4C)c2)c2ncccc2c1. The van der Waals surface area contributed by atoms with E-state index in [-0.39, 0.29) is 16.7 Å². The van der Waals surface area contributed by atoms with Crippen LogP contribution in [0.25, 0.3) is 55.6 Å². The minimum Gasteiger partial charge on any atom is -0.507 e. The van der Waals surface area contributed by atoms with Crippen LogP contribution in [0.4, 0.5) is 0 Å². The Morgan fingerprint density at radius 2 is 1.58 bits per heavy atom. The molecule has 0 amide bonds. The highest BCUT2D eigenvalue weighted by atomic mass is 16.3. The Labute approximate surface area is 227 Å². The molecule has 0 aliphatic heterocycles. The van der Waals surface area contributed by atoms with Gasteiger partial charge in [-0.3, -0.25) is 4.98 Å². The second-order valence-corrected chi connectivity index (χ2v) is 10.8. The van der Waals surface area contributed by atoms with Gasteiger partial charge in [-0.15, -0.1) is 0 Å². The standard InChI is InChI=1S/C34H31N3O/c1-21-17-24-11-8-16-35-31(24)27(18-21)23-10-6-9-22(19-23)26-12-7-13-29-32(26)36-33(37(29)5)28-20-25(34(2,3)4)14-15-30(28)38/h6-20,38H,1-5H3/i1D3. The fourth-order valence-corrected chi connectivity index (χ4v) is 5.14. The molecule has 0 spiro atoms. The van der Waals surface area contributed by atoms with Crippen LogP contribution in [0.2, 0.25) is 0 Å². The van der Waals surface area contributed by atoms with Crippen molar-refractivity contribution in [1.82, 2.24) is 14.5 Å². The summed E-state index contributed by atoms with van der Waals surface area (Å²) in [6.45, 7) is 4.21. The van der Waals surface area contributed by atoms with Crippen LogP contribution < -0.4 is 0 Å². The van der Waals surface area contributed by atoms with Crippen molar-refractivity contribution in [2.75, 3.05) is 0 Å². The van der Waals surface area contributed by atoms with Gasteiger partial charge in [-0.25, -0.2) is 4.98 Å². The minimum absolute atomic E-state index is 0.0749. The summed E-state index contributed by atoms with van der Waals surface area (Å²) in [5, 5.41) is 11.6. The number of imidazole rings is 1. The number of fused-ring (bicyclic) bond motifs is 2. The molecule has 38 heavy (non-hydrogen) atoms. The fourth-order valence-electron chi connectivity index (χ4n) is 5.14. The van der Waals surface area contributed by atoms with E-state index in [0.717, 1.165) is 49.8 Å². The quantitative estimate of drug-likeness (QED) is 0.265. The van der Waals surface area contributed by atoms with Gasteiger partial charge in [0.25, 0.3) is 0 Å². The summed E-state index contributed by atoms with van der Waals surface area (Å²) in [7, 11) is 1.96. The molecular weight excluding hydrogens is 466 g/mol. The number of hydrogen-bond acceptors (Lipinski definition) is 3. The topological polar surface area (TPSA) is 50.9 Å². The third kappa shape index (κ3) is 4.03. The van der Waals surface area contributed by atoms with E-state index in [0.29, 0.717) is 11.4 Å². The van der Waals surface area contributed by atoms with Gasteiger partial charge in [0.15, 0.2) is 0 Å². The van der Waals surface area contributed by atoms with Gasteiger partial charge in [0, 0.05) is 33.9 Å². The number of aryl methyl sites for hydroxylation is 2.